The van der Waals surface area contributed by atoms with Crippen molar-refractivity contribution in [2.75, 3.05) is 0 Å². The molecule has 1 aromatic heterocycles. The molecule has 0 radical (unpaired) electrons. The highest BCUT2D eigenvalue weighted by atomic mass is 16.2. The van der Waals surface area contributed by atoms with Crippen molar-refractivity contribution in [2.24, 2.45) is 5.92 Å². The molecule has 0 aliphatic carbocycles. The van der Waals surface area contributed by atoms with E-state index in [1.165, 1.54) is 0 Å². The molecule has 0 saturated heterocycles. The SMILES string of the molecule is CC(C)C(=O)NNC(=O)c1ccc2ccccc2n1. The number of fused-ring (bicyclic) bond motifs is 1. The summed E-state index contributed by atoms with van der Waals surface area (Å²) in [7, 11) is 0. The van der Waals surface area contributed by atoms with E-state index in [0.717, 1.165) is 10.9 Å². The summed E-state index contributed by atoms with van der Waals surface area (Å²) < 4.78 is 0. The molecule has 0 spiro atoms. The maximum atomic E-state index is 11.8. The third-order valence-corrected chi connectivity index (χ3v) is 2.65. The Balaban J connectivity index is 2.11. The van der Waals surface area contributed by atoms with Gasteiger partial charge in [0.2, 0.25) is 5.91 Å². The van der Waals surface area contributed by atoms with Gasteiger partial charge in [-0.25, -0.2) is 4.98 Å². The topological polar surface area (TPSA) is 71.1 Å². The minimum Gasteiger partial charge on any atom is -0.273 e. The number of carbonyl (C=O) groups excluding carboxylic acids is 2. The lowest BCUT2D eigenvalue weighted by Crippen LogP contribution is -2.43. The number of benzene rings is 1. The molecule has 2 N–H and O–H groups in total. The number of hydrogen-bond donors (Lipinski definition) is 2. The van der Waals surface area contributed by atoms with E-state index in [1.54, 1.807) is 19.9 Å². The molecule has 0 atom stereocenters. The first-order valence-electron chi connectivity index (χ1n) is 6.04. The minimum absolute atomic E-state index is 0.190. The highest BCUT2D eigenvalue weighted by Crippen LogP contribution is 2.11. The molecule has 0 fully saturated rings. The Morgan fingerprint density at radius 1 is 1.05 bits per heavy atom. The molecular weight excluding hydrogens is 242 g/mol. The zero-order valence-corrected chi connectivity index (χ0v) is 10.8. The molecule has 0 aliphatic rings. The number of rotatable bonds is 2. The van der Waals surface area contributed by atoms with Crippen molar-refractivity contribution in [3.63, 3.8) is 0 Å². The predicted molar refractivity (Wildman–Crippen MR) is 72.2 cm³/mol. The van der Waals surface area contributed by atoms with Crippen LogP contribution in [0.3, 0.4) is 0 Å². The standard InChI is InChI=1S/C14H15N3O2/c1-9(2)13(18)16-17-14(19)12-8-7-10-5-3-4-6-11(10)15-12/h3-9H,1-2H3,(H,16,18)(H,17,19). The smallest absolute Gasteiger partial charge is 0.273 e. The maximum Gasteiger partial charge on any atom is 0.288 e. The summed E-state index contributed by atoms with van der Waals surface area (Å²) in [5, 5.41) is 0.963. The van der Waals surface area contributed by atoms with Crippen molar-refractivity contribution in [3.8, 4) is 0 Å². The fraction of sp³-hybridized carbons (Fsp3) is 0.214. The normalized spacial score (nSPS) is 10.5. The lowest BCUT2D eigenvalue weighted by molar-refractivity contribution is -0.124. The molecular formula is C14H15N3O2. The Morgan fingerprint density at radius 2 is 1.79 bits per heavy atom. The zero-order valence-electron chi connectivity index (χ0n) is 10.8. The van der Waals surface area contributed by atoms with Gasteiger partial charge in [0.15, 0.2) is 0 Å². The van der Waals surface area contributed by atoms with E-state index in [4.69, 9.17) is 0 Å². The predicted octanol–water partition coefficient (Wildman–Crippen LogP) is 1.65. The largest absolute Gasteiger partial charge is 0.288 e. The molecule has 0 unspecified atom stereocenters. The van der Waals surface area contributed by atoms with Crippen molar-refractivity contribution in [2.45, 2.75) is 13.8 Å². The van der Waals surface area contributed by atoms with Gasteiger partial charge in [0.05, 0.1) is 5.52 Å². The van der Waals surface area contributed by atoms with Crippen LogP contribution >= 0.6 is 0 Å². The summed E-state index contributed by atoms with van der Waals surface area (Å²) >= 11 is 0. The molecule has 98 valence electrons. The van der Waals surface area contributed by atoms with E-state index in [2.05, 4.69) is 15.8 Å². The molecule has 2 rings (SSSR count). The van der Waals surface area contributed by atoms with E-state index in [-0.39, 0.29) is 17.5 Å². The van der Waals surface area contributed by atoms with Gasteiger partial charge < -0.3 is 0 Å². The second-order valence-corrected chi connectivity index (χ2v) is 4.49. The monoisotopic (exact) mass is 257 g/mol. The van der Waals surface area contributed by atoms with Crippen molar-refractivity contribution < 1.29 is 9.59 Å². The van der Waals surface area contributed by atoms with E-state index in [9.17, 15) is 9.59 Å². The van der Waals surface area contributed by atoms with Crippen LogP contribution in [0.1, 0.15) is 24.3 Å². The van der Waals surface area contributed by atoms with E-state index in [1.807, 2.05) is 30.3 Å². The highest BCUT2D eigenvalue weighted by Gasteiger charge is 2.11. The summed E-state index contributed by atoms with van der Waals surface area (Å²) in [6, 6.07) is 11.0. The van der Waals surface area contributed by atoms with Gasteiger partial charge in [0.1, 0.15) is 5.69 Å². The second-order valence-electron chi connectivity index (χ2n) is 4.49. The molecule has 0 saturated carbocycles. The number of para-hydroxylation sites is 1. The highest BCUT2D eigenvalue weighted by molar-refractivity contribution is 5.95. The van der Waals surface area contributed by atoms with Crippen LogP contribution < -0.4 is 10.9 Å². The van der Waals surface area contributed by atoms with Gasteiger partial charge in [-0.3, -0.25) is 20.4 Å². The molecule has 0 aliphatic heterocycles. The second kappa shape index (κ2) is 5.48. The Hall–Kier alpha value is -2.43. The van der Waals surface area contributed by atoms with E-state index in [0.29, 0.717) is 0 Å². The number of hydrogen-bond acceptors (Lipinski definition) is 3. The minimum atomic E-state index is -0.431. The summed E-state index contributed by atoms with van der Waals surface area (Å²) in [4.78, 5) is 27.4. The Kier molecular flexibility index (Phi) is 3.75. The van der Waals surface area contributed by atoms with Crippen LogP contribution in [0.4, 0.5) is 0 Å². The number of nitrogens with one attached hydrogen (secondary N) is 2. The van der Waals surface area contributed by atoms with Gasteiger partial charge in [-0.15, -0.1) is 0 Å². The molecule has 1 aromatic carbocycles. The summed E-state index contributed by atoms with van der Waals surface area (Å²) in [6.45, 7) is 3.49. The van der Waals surface area contributed by atoms with Crippen LogP contribution in [-0.2, 0) is 4.79 Å². The number of amides is 2. The Labute approximate surface area is 111 Å². The van der Waals surface area contributed by atoms with Gasteiger partial charge in [-0.1, -0.05) is 38.1 Å². The fourth-order valence-corrected chi connectivity index (χ4v) is 1.52. The molecule has 19 heavy (non-hydrogen) atoms. The molecule has 1 heterocycles. The number of nitrogens with zero attached hydrogens (tertiary/aromatic N) is 1. The van der Waals surface area contributed by atoms with Gasteiger partial charge in [-0.2, -0.15) is 0 Å². The molecule has 0 bridgehead atoms. The van der Waals surface area contributed by atoms with Crippen LogP contribution in [0.5, 0.6) is 0 Å². The average Bonchev–Trinajstić information content (AvgIpc) is 2.43. The third-order valence-electron chi connectivity index (χ3n) is 2.65. The maximum absolute atomic E-state index is 11.8. The molecule has 5 nitrogen and oxygen atoms in total. The van der Waals surface area contributed by atoms with E-state index >= 15 is 0 Å². The number of pyridine rings is 1. The average molecular weight is 257 g/mol. The third kappa shape index (κ3) is 3.07. The summed E-state index contributed by atoms with van der Waals surface area (Å²) in [5.41, 5.74) is 5.70. The van der Waals surface area contributed by atoms with Crippen LogP contribution in [0.15, 0.2) is 36.4 Å². The molecule has 5 heteroatoms. The lowest BCUT2D eigenvalue weighted by atomic mass is 10.2. The summed E-state index contributed by atoms with van der Waals surface area (Å²) in [5.74, 6) is -0.862. The first kappa shape index (κ1) is 13.0. The van der Waals surface area contributed by atoms with Crippen molar-refractivity contribution >= 4 is 22.7 Å². The van der Waals surface area contributed by atoms with Crippen LogP contribution in [0.25, 0.3) is 10.9 Å². The zero-order chi connectivity index (χ0) is 13.8. The van der Waals surface area contributed by atoms with Crippen LogP contribution in [0, 0.1) is 5.92 Å². The van der Waals surface area contributed by atoms with Crippen molar-refractivity contribution in [1.82, 2.24) is 15.8 Å². The van der Waals surface area contributed by atoms with Crippen molar-refractivity contribution in [3.05, 3.63) is 42.1 Å². The van der Waals surface area contributed by atoms with Crippen LogP contribution in [-0.4, -0.2) is 16.8 Å². The first-order valence-corrected chi connectivity index (χ1v) is 6.04. The number of aromatic nitrogens is 1. The number of hydrazine groups is 1. The van der Waals surface area contributed by atoms with Gasteiger partial charge in [0.25, 0.3) is 5.91 Å². The lowest BCUT2D eigenvalue weighted by Gasteiger charge is -2.09. The summed E-state index contributed by atoms with van der Waals surface area (Å²) in [6.07, 6.45) is 0. The van der Waals surface area contributed by atoms with Crippen LogP contribution in [0.2, 0.25) is 0 Å². The van der Waals surface area contributed by atoms with E-state index < -0.39 is 5.91 Å². The fourth-order valence-electron chi connectivity index (χ4n) is 1.52. The van der Waals surface area contributed by atoms with Crippen molar-refractivity contribution in [1.29, 1.82) is 0 Å². The Morgan fingerprint density at radius 3 is 2.53 bits per heavy atom. The number of carbonyl (C=O) groups is 2. The van der Waals surface area contributed by atoms with Gasteiger partial charge in [-0.05, 0) is 12.1 Å². The quantitative estimate of drug-likeness (QED) is 0.804. The molecule has 2 aromatic rings. The van der Waals surface area contributed by atoms with Gasteiger partial charge >= 0.3 is 0 Å². The molecule has 2 amide bonds. The first-order chi connectivity index (χ1) is 9.08. The van der Waals surface area contributed by atoms with Gasteiger partial charge in [0, 0.05) is 11.3 Å². The Bertz CT molecular complexity index is 623.